The van der Waals surface area contributed by atoms with Crippen LogP contribution in [0, 0.1) is 0 Å². The molecule has 2 atom stereocenters. The van der Waals surface area contributed by atoms with Gasteiger partial charge in [0.15, 0.2) is 0 Å². The van der Waals surface area contributed by atoms with Gasteiger partial charge in [-0.1, -0.05) is 6.07 Å². The first kappa shape index (κ1) is 16.5. The molecule has 0 unspecified atom stereocenters. The summed E-state index contributed by atoms with van der Waals surface area (Å²) >= 11 is 1.51. The Bertz CT molecular complexity index is 671. The Kier molecular flexibility index (Phi) is 5.14. The SMILES string of the molecule is NC(=O)N[C@@H](CC(=O)N1CCC[C@H](n2ccnc2)C1)c1cccs1. The molecule has 3 N–H and O–H groups in total. The molecule has 2 aromatic heterocycles. The van der Waals surface area contributed by atoms with Crippen molar-refractivity contribution in [2.45, 2.75) is 31.3 Å². The zero-order chi connectivity index (χ0) is 16.9. The molecule has 0 aliphatic carbocycles. The van der Waals surface area contributed by atoms with E-state index >= 15 is 0 Å². The summed E-state index contributed by atoms with van der Waals surface area (Å²) in [6, 6.07) is 3.08. The average Bonchev–Trinajstić information content (AvgIpc) is 3.27. The first-order valence-corrected chi connectivity index (χ1v) is 8.86. The van der Waals surface area contributed by atoms with Gasteiger partial charge in [-0.2, -0.15) is 0 Å². The number of amides is 3. The number of imidazole rings is 1. The molecule has 0 saturated carbocycles. The minimum Gasteiger partial charge on any atom is -0.352 e. The fraction of sp³-hybridized carbons (Fsp3) is 0.438. The number of urea groups is 1. The summed E-state index contributed by atoms with van der Waals surface area (Å²) < 4.78 is 2.05. The number of piperidine rings is 1. The molecule has 8 heteroatoms. The first-order chi connectivity index (χ1) is 11.6. The van der Waals surface area contributed by atoms with Crippen molar-refractivity contribution in [2.24, 2.45) is 5.73 Å². The fourth-order valence-electron chi connectivity index (χ4n) is 3.10. The fourth-order valence-corrected chi connectivity index (χ4v) is 3.88. The quantitative estimate of drug-likeness (QED) is 0.865. The van der Waals surface area contributed by atoms with Gasteiger partial charge in [0.25, 0.3) is 0 Å². The Balaban J connectivity index is 1.65. The zero-order valence-corrected chi connectivity index (χ0v) is 14.1. The number of nitrogens with zero attached hydrogens (tertiary/aromatic N) is 3. The number of aromatic nitrogens is 2. The maximum atomic E-state index is 12.7. The topological polar surface area (TPSA) is 93.2 Å². The number of likely N-dealkylation sites (tertiary alicyclic amines) is 1. The lowest BCUT2D eigenvalue weighted by Gasteiger charge is -2.34. The van der Waals surface area contributed by atoms with Crippen molar-refractivity contribution in [3.63, 3.8) is 0 Å². The van der Waals surface area contributed by atoms with Gasteiger partial charge < -0.3 is 20.5 Å². The van der Waals surface area contributed by atoms with Crippen LogP contribution < -0.4 is 11.1 Å². The molecule has 3 rings (SSSR count). The highest BCUT2D eigenvalue weighted by atomic mass is 32.1. The zero-order valence-electron chi connectivity index (χ0n) is 13.3. The number of primary amides is 1. The van der Waals surface area contributed by atoms with Gasteiger partial charge in [-0.05, 0) is 24.3 Å². The van der Waals surface area contributed by atoms with Crippen LogP contribution in [0.3, 0.4) is 0 Å². The van der Waals surface area contributed by atoms with Gasteiger partial charge in [-0.25, -0.2) is 9.78 Å². The predicted octanol–water partition coefficient (Wildman–Crippen LogP) is 1.91. The van der Waals surface area contributed by atoms with E-state index in [2.05, 4.69) is 14.9 Å². The molecule has 7 nitrogen and oxygen atoms in total. The van der Waals surface area contributed by atoms with Crippen molar-refractivity contribution in [1.29, 1.82) is 0 Å². The maximum Gasteiger partial charge on any atom is 0.312 e. The number of thiophene rings is 1. The number of nitrogens with two attached hydrogens (primary N) is 1. The van der Waals surface area contributed by atoms with Crippen LogP contribution in [-0.2, 0) is 4.79 Å². The molecule has 2 aromatic rings. The van der Waals surface area contributed by atoms with Gasteiger partial charge in [0.1, 0.15) is 0 Å². The highest BCUT2D eigenvalue weighted by molar-refractivity contribution is 7.10. The normalized spacial score (nSPS) is 19.0. The highest BCUT2D eigenvalue weighted by Crippen LogP contribution is 2.26. The van der Waals surface area contributed by atoms with E-state index in [1.54, 1.807) is 12.5 Å². The smallest absolute Gasteiger partial charge is 0.312 e. The van der Waals surface area contributed by atoms with E-state index in [-0.39, 0.29) is 24.4 Å². The van der Waals surface area contributed by atoms with Crippen LogP contribution in [0.1, 0.15) is 36.2 Å². The Morgan fingerprint density at radius 3 is 3.04 bits per heavy atom. The van der Waals surface area contributed by atoms with Gasteiger partial charge in [0, 0.05) is 30.4 Å². The third kappa shape index (κ3) is 3.94. The lowest BCUT2D eigenvalue weighted by molar-refractivity contribution is -0.133. The second kappa shape index (κ2) is 7.48. The summed E-state index contributed by atoms with van der Waals surface area (Å²) in [6.07, 6.45) is 7.70. The Morgan fingerprint density at radius 2 is 2.38 bits per heavy atom. The number of rotatable bonds is 5. The molecule has 0 spiro atoms. The molecular formula is C16H21N5O2S. The molecule has 1 aliphatic heterocycles. The standard InChI is InChI=1S/C16H21N5O2S/c17-16(23)19-13(14-4-2-8-24-14)9-15(22)20-6-1-3-12(10-20)21-7-5-18-11-21/h2,4-5,7-8,11-13H,1,3,6,9-10H2,(H3,17,19,23)/t12-,13-/m0/s1. The number of hydrogen-bond donors (Lipinski definition) is 2. The molecule has 0 aromatic carbocycles. The molecule has 1 fully saturated rings. The number of nitrogens with one attached hydrogen (secondary N) is 1. The van der Waals surface area contributed by atoms with E-state index in [9.17, 15) is 9.59 Å². The van der Waals surface area contributed by atoms with E-state index < -0.39 is 6.03 Å². The van der Waals surface area contributed by atoms with E-state index in [1.165, 1.54) is 11.3 Å². The van der Waals surface area contributed by atoms with Crippen molar-refractivity contribution in [3.05, 3.63) is 41.1 Å². The number of carbonyl (C=O) groups is 2. The molecule has 0 radical (unpaired) electrons. The molecule has 1 aliphatic rings. The minimum atomic E-state index is -0.615. The van der Waals surface area contributed by atoms with Gasteiger partial charge in [0.2, 0.25) is 5.91 Å². The lowest BCUT2D eigenvalue weighted by Crippen LogP contribution is -2.43. The van der Waals surface area contributed by atoms with Crippen LogP contribution in [-0.4, -0.2) is 39.5 Å². The van der Waals surface area contributed by atoms with Crippen LogP contribution >= 0.6 is 11.3 Å². The Hall–Kier alpha value is -2.35. The molecule has 3 amide bonds. The Labute approximate surface area is 144 Å². The van der Waals surface area contributed by atoms with Crippen LogP contribution in [0.5, 0.6) is 0 Å². The summed E-state index contributed by atoms with van der Waals surface area (Å²) in [5.41, 5.74) is 5.26. The predicted molar refractivity (Wildman–Crippen MR) is 91.5 cm³/mol. The van der Waals surface area contributed by atoms with Gasteiger partial charge in [0.05, 0.1) is 24.8 Å². The van der Waals surface area contributed by atoms with E-state index in [0.717, 1.165) is 24.3 Å². The minimum absolute atomic E-state index is 0.0342. The van der Waals surface area contributed by atoms with E-state index in [0.29, 0.717) is 6.54 Å². The summed E-state index contributed by atoms with van der Waals surface area (Å²) in [4.78, 5) is 30.9. The van der Waals surface area contributed by atoms with Crippen molar-refractivity contribution in [1.82, 2.24) is 19.8 Å². The summed E-state index contributed by atoms with van der Waals surface area (Å²) in [6.45, 7) is 1.42. The van der Waals surface area contributed by atoms with Gasteiger partial charge in [-0.3, -0.25) is 4.79 Å². The van der Waals surface area contributed by atoms with E-state index in [4.69, 9.17) is 5.73 Å². The van der Waals surface area contributed by atoms with Crippen molar-refractivity contribution < 1.29 is 9.59 Å². The average molecular weight is 347 g/mol. The third-order valence-electron chi connectivity index (χ3n) is 4.28. The lowest BCUT2D eigenvalue weighted by atomic mass is 10.0. The van der Waals surface area contributed by atoms with Crippen molar-refractivity contribution >= 4 is 23.3 Å². The van der Waals surface area contributed by atoms with Crippen molar-refractivity contribution in [3.8, 4) is 0 Å². The van der Waals surface area contributed by atoms with Crippen LogP contribution in [0.2, 0.25) is 0 Å². The summed E-state index contributed by atoms with van der Waals surface area (Å²) in [5, 5.41) is 4.60. The molecule has 128 valence electrons. The highest BCUT2D eigenvalue weighted by Gasteiger charge is 2.27. The van der Waals surface area contributed by atoms with Crippen LogP contribution in [0.4, 0.5) is 4.79 Å². The molecule has 1 saturated heterocycles. The first-order valence-electron chi connectivity index (χ1n) is 7.98. The second-order valence-corrected chi connectivity index (χ2v) is 6.91. The van der Waals surface area contributed by atoms with Crippen molar-refractivity contribution in [2.75, 3.05) is 13.1 Å². The molecule has 24 heavy (non-hydrogen) atoms. The maximum absolute atomic E-state index is 12.7. The second-order valence-electron chi connectivity index (χ2n) is 5.93. The number of carbonyl (C=O) groups excluding carboxylic acids is 2. The third-order valence-corrected chi connectivity index (χ3v) is 5.26. The molecule has 3 heterocycles. The summed E-state index contributed by atoms with van der Waals surface area (Å²) in [5.74, 6) is 0.0342. The summed E-state index contributed by atoms with van der Waals surface area (Å²) in [7, 11) is 0. The van der Waals surface area contributed by atoms with Crippen LogP contribution in [0.25, 0.3) is 0 Å². The largest absolute Gasteiger partial charge is 0.352 e. The monoisotopic (exact) mass is 347 g/mol. The van der Waals surface area contributed by atoms with Crippen LogP contribution in [0.15, 0.2) is 36.2 Å². The van der Waals surface area contributed by atoms with Gasteiger partial charge >= 0.3 is 6.03 Å². The molecular weight excluding hydrogens is 326 g/mol. The number of hydrogen-bond acceptors (Lipinski definition) is 4. The molecule has 0 bridgehead atoms. The van der Waals surface area contributed by atoms with Gasteiger partial charge in [-0.15, -0.1) is 11.3 Å². The Morgan fingerprint density at radius 1 is 1.50 bits per heavy atom. The van der Waals surface area contributed by atoms with E-state index in [1.807, 2.05) is 28.6 Å².